The molecule has 3 rings (SSSR count). The van der Waals surface area contributed by atoms with E-state index in [-0.39, 0.29) is 0 Å². The van der Waals surface area contributed by atoms with Crippen molar-refractivity contribution in [3.05, 3.63) is 36.4 Å². The quantitative estimate of drug-likeness (QED) is 0.661. The third kappa shape index (κ3) is 1.24. The Balaban J connectivity index is 2.36. The third-order valence-electron chi connectivity index (χ3n) is 2.12. The van der Waals surface area contributed by atoms with Crippen LogP contribution in [-0.2, 0) is 0 Å². The van der Waals surface area contributed by atoms with Crippen LogP contribution >= 0.6 is 23.9 Å². The lowest BCUT2D eigenvalue weighted by Gasteiger charge is -1.99. The molecule has 1 heterocycles. The van der Waals surface area contributed by atoms with Gasteiger partial charge in [-0.2, -0.15) is 4.13 Å². The lowest BCUT2D eigenvalue weighted by Crippen LogP contribution is -1.74. The summed E-state index contributed by atoms with van der Waals surface area (Å²) in [6, 6.07) is 12.9. The van der Waals surface area contributed by atoms with Crippen LogP contribution in [0.15, 0.2) is 46.2 Å². The zero-order valence-electron chi connectivity index (χ0n) is 6.78. The number of fused-ring (bicyclic) bond motifs is 2. The molecule has 3 heteroatoms. The maximum absolute atomic E-state index is 3.20. The van der Waals surface area contributed by atoms with Crippen molar-refractivity contribution in [3.63, 3.8) is 0 Å². The third-order valence-corrected chi connectivity index (χ3v) is 4.03. The van der Waals surface area contributed by atoms with E-state index in [0.717, 1.165) is 0 Å². The summed E-state index contributed by atoms with van der Waals surface area (Å²) in [6.07, 6.45) is 0. The van der Waals surface area contributed by atoms with Crippen molar-refractivity contribution in [2.45, 2.75) is 9.79 Å². The molecule has 0 radical (unpaired) electrons. The van der Waals surface area contributed by atoms with Crippen LogP contribution in [0.5, 0.6) is 0 Å². The Morgan fingerprint density at radius 1 is 0.846 bits per heavy atom. The van der Waals surface area contributed by atoms with Crippen molar-refractivity contribution >= 4 is 34.7 Å². The number of nitrogens with one attached hydrogen (secondary N) is 1. The Hall–Kier alpha value is -0.640. The van der Waals surface area contributed by atoms with E-state index in [1.165, 1.54) is 20.6 Å². The van der Waals surface area contributed by atoms with Crippen LogP contribution in [-0.4, -0.2) is 0 Å². The maximum Gasteiger partial charge on any atom is 0.0392 e. The fourth-order valence-corrected chi connectivity index (χ4v) is 3.29. The van der Waals surface area contributed by atoms with Crippen molar-refractivity contribution in [2.75, 3.05) is 0 Å². The molecule has 2 aromatic carbocycles. The van der Waals surface area contributed by atoms with Gasteiger partial charge in [0.1, 0.15) is 0 Å². The average molecular weight is 205 g/mol. The number of hydrogen-bond acceptors (Lipinski definition) is 3. The molecule has 1 N–H and O–H groups in total. The molecule has 0 atom stereocenters. The van der Waals surface area contributed by atoms with Crippen molar-refractivity contribution in [2.24, 2.45) is 0 Å². The molecule has 2 aromatic rings. The molecule has 13 heavy (non-hydrogen) atoms. The minimum absolute atomic E-state index is 1.32. The van der Waals surface area contributed by atoms with Gasteiger partial charge in [-0.15, -0.1) is 0 Å². The number of rotatable bonds is 0. The van der Waals surface area contributed by atoms with E-state index in [1.54, 1.807) is 23.9 Å². The summed E-state index contributed by atoms with van der Waals surface area (Å²) in [5.74, 6) is 0. The molecule has 64 valence electrons. The summed E-state index contributed by atoms with van der Waals surface area (Å²) in [6.45, 7) is 0. The van der Waals surface area contributed by atoms with E-state index in [2.05, 4.69) is 40.5 Å². The van der Waals surface area contributed by atoms with Gasteiger partial charge in [-0.3, -0.25) is 0 Å². The molecule has 0 fully saturated rings. The summed E-state index contributed by atoms with van der Waals surface area (Å²) in [5, 5.41) is 2.64. The summed E-state index contributed by atoms with van der Waals surface area (Å²) < 4.78 is 3.20. The summed E-state index contributed by atoms with van der Waals surface area (Å²) in [4.78, 5) is 2.67. The minimum atomic E-state index is 1.32. The fourth-order valence-electron chi connectivity index (χ4n) is 1.47. The molecule has 0 unspecified atom stereocenters. The Bertz CT molecular complexity index is 425. The van der Waals surface area contributed by atoms with Crippen molar-refractivity contribution in [3.8, 4) is 0 Å². The molecule has 1 aliphatic heterocycles. The van der Waals surface area contributed by atoms with Crippen molar-refractivity contribution in [1.29, 1.82) is 0 Å². The van der Waals surface area contributed by atoms with Crippen LogP contribution in [0.2, 0.25) is 0 Å². The lowest BCUT2D eigenvalue weighted by molar-refractivity contribution is 1.30. The molecule has 0 saturated carbocycles. The van der Waals surface area contributed by atoms with Crippen LogP contribution in [0.25, 0.3) is 10.8 Å². The second-order valence-electron chi connectivity index (χ2n) is 2.93. The SMILES string of the molecule is c1ccc2cc3c(cc2c1)SNS3. The lowest BCUT2D eigenvalue weighted by atomic mass is 10.1. The highest BCUT2D eigenvalue weighted by molar-refractivity contribution is 8.15. The van der Waals surface area contributed by atoms with E-state index in [9.17, 15) is 0 Å². The van der Waals surface area contributed by atoms with Gasteiger partial charge in [-0.1, -0.05) is 24.3 Å². The average Bonchev–Trinajstić information content (AvgIpc) is 2.61. The second-order valence-corrected chi connectivity index (χ2v) is 4.89. The van der Waals surface area contributed by atoms with Gasteiger partial charge in [-0.05, 0) is 46.8 Å². The predicted octanol–water partition coefficient (Wildman–Crippen LogP) is 3.46. The highest BCUT2D eigenvalue weighted by atomic mass is 32.2. The maximum atomic E-state index is 3.20. The molecule has 0 bridgehead atoms. The summed E-state index contributed by atoms with van der Waals surface area (Å²) >= 11 is 3.39. The first-order valence-electron chi connectivity index (χ1n) is 4.05. The van der Waals surface area contributed by atoms with Crippen LogP contribution < -0.4 is 4.13 Å². The first kappa shape index (κ1) is 7.74. The summed E-state index contributed by atoms with van der Waals surface area (Å²) in [5.41, 5.74) is 0. The van der Waals surface area contributed by atoms with Gasteiger partial charge in [0, 0.05) is 9.79 Å². The Kier molecular flexibility index (Phi) is 1.75. The van der Waals surface area contributed by atoms with E-state index < -0.39 is 0 Å². The highest BCUT2D eigenvalue weighted by Crippen LogP contribution is 2.39. The number of hydrogen-bond donors (Lipinski definition) is 1. The van der Waals surface area contributed by atoms with Gasteiger partial charge in [0.25, 0.3) is 0 Å². The van der Waals surface area contributed by atoms with Gasteiger partial charge in [0.05, 0.1) is 0 Å². The zero-order valence-corrected chi connectivity index (χ0v) is 8.41. The zero-order chi connectivity index (χ0) is 8.67. The van der Waals surface area contributed by atoms with Gasteiger partial charge in [0.15, 0.2) is 0 Å². The Morgan fingerprint density at radius 2 is 1.38 bits per heavy atom. The molecule has 1 aliphatic rings. The smallest absolute Gasteiger partial charge is 0.0392 e. The van der Waals surface area contributed by atoms with Gasteiger partial charge in [-0.25, -0.2) is 0 Å². The van der Waals surface area contributed by atoms with Crippen LogP contribution in [0.1, 0.15) is 0 Å². The van der Waals surface area contributed by atoms with E-state index in [4.69, 9.17) is 0 Å². The molecule has 0 aliphatic carbocycles. The van der Waals surface area contributed by atoms with Gasteiger partial charge >= 0.3 is 0 Å². The molecule has 0 aromatic heterocycles. The molecular weight excluding hydrogens is 198 g/mol. The fraction of sp³-hybridized carbons (Fsp3) is 0. The minimum Gasteiger partial charge on any atom is -0.199 e. The molecular formula is C10H7NS2. The standard InChI is InChI=1S/C10H7NS2/c1-2-4-8-6-10-9(12-11-13-10)5-7(8)3-1/h1-6,11H. The normalized spacial score (nSPS) is 14.8. The van der Waals surface area contributed by atoms with Crippen LogP contribution in [0, 0.1) is 0 Å². The second kappa shape index (κ2) is 2.94. The highest BCUT2D eigenvalue weighted by Gasteiger charge is 2.12. The largest absolute Gasteiger partial charge is 0.199 e. The van der Waals surface area contributed by atoms with Crippen LogP contribution in [0.3, 0.4) is 0 Å². The topological polar surface area (TPSA) is 12.0 Å². The molecule has 0 amide bonds. The van der Waals surface area contributed by atoms with Gasteiger partial charge in [0.2, 0.25) is 0 Å². The molecule has 1 nitrogen and oxygen atoms in total. The summed E-state index contributed by atoms with van der Waals surface area (Å²) in [7, 11) is 0. The Morgan fingerprint density at radius 3 is 1.92 bits per heavy atom. The monoisotopic (exact) mass is 205 g/mol. The van der Waals surface area contributed by atoms with E-state index >= 15 is 0 Å². The van der Waals surface area contributed by atoms with E-state index in [0.29, 0.717) is 0 Å². The van der Waals surface area contributed by atoms with Crippen molar-refractivity contribution < 1.29 is 0 Å². The first-order valence-corrected chi connectivity index (χ1v) is 5.68. The number of benzene rings is 2. The predicted molar refractivity (Wildman–Crippen MR) is 58.8 cm³/mol. The van der Waals surface area contributed by atoms with Crippen molar-refractivity contribution in [1.82, 2.24) is 4.13 Å². The Labute approximate surface area is 85.2 Å². The van der Waals surface area contributed by atoms with Gasteiger partial charge < -0.3 is 0 Å². The first-order chi connectivity index (χ1) is 6.43. The van der Waals surface area contributed by atoms with Crippen LogP contribution in [0.4, 0.5) is 0 Å². The molecule has 0 saturated heterocycles. The van der Waals surface area contributed by atoms with E-state index in [1.807, 2.05) is 0 Å². The molecule has 0 spiro atoms.